The monoisotopic (exact) mass is 173 g/mol. The highest BCUT2D eigenvalue weighted by molar-refractivity contribution is 5.69. The van der Waals surface area contributed by atoms with Gasteiger partial charge in [-0.3, -0.25) is 4.79 Å². The molecule has 3 nitrogen and oxygen atoms in total. The predicted molar refractivity (Wildman–Crippen MR) is 48.7 cm³/mol. The molecule has 1 atom stereocenters. The summed E-state index contributed by atoms with van der Waals surface area (Å²) in [6, 6.07) is 0.129. The van der Waals surface area contributed by atoms with Gasteiger partial charge in [0.15, 0.2) is 0 Å². The van der Waals surface area contributed by atoms with Crippen LogP contribution >= 0.6 is 0 Å². The van der Waals surface area contributed by atoms with Crippen LogP contribution in [0.1, 0.15) is 33.1 Å². The second-order valence-corrected chi connectivity index (χ2v) is 3.50. The molecule has 0 heterocycles. The Labute approximate surface area is 74.3 Å². The third-order valence-corrected chi connectivity index (χ3v) is 1.72. The molecule has 0 saturated carbocycles. The standard InChI is InChI=1S/C9H19NO2/c1-7(2)6-8(10)4-5-9(11)12-3/h7-8H,4-6,10H2,1-3H3. The van der Waals surface area contributed by atoms with Gasteiger partial charge in [-0.05, 0) is 18.8 Å². The number of ether oxygens (including phenoxy) is 1. The molecule has 0 radical (unpaired) electrons. The van der Waals surface area contributed by atoms with E-state index in [9.17, 15) is 4.79 Å². The summed E-state index contributed by atoms with van der Waals surface area (Å²) >= 11 is 0. The fourth-order valence-electron chi connectivity index (χ4n) is 1.13. The third-order valence-electron chi connectivity index (χ3n) is 1.72. The molecule has 12 heavy (non-hydrogen) atoms. The second-order valence-electron chi connectivity index (χ2n) is 3.50. The number of carbonyl (C=O) groups excluding carboxylic acids is 1. The fourth-order valence-corrected chi connectivity index (χ4v) is 1.13. The Bertz CT molecular complexity index is 134. The van der Waals surface area contributed by atoms with E-state index < -0.39 is 0 Å². The predicted octanol–water partition coefficient (Wildman–Crippen LogP) is 1.31. The number of rotatable bonds is 5. The smallest absolute Gasteiger partial charge is 0.305 e. The number of esters is 1. The van der Waals surface area contributed by atoms with E-state index in [1.807, 2.05) is 0 Å². The molecule has 0 aliphatic heterocycles. The first-order valence-corrected chi connectivity index (χ1v) is 4.38. The van der Waals surface area contributed by atoms with Crippen LogP contribution in [0.2, 0.25) is 0 Å². The Morgan fingerprint density at radius 2 is 2.08 bits per heavy atom. The van der Waals surface area contributed by atoms with Crippen molar-refractivity contribution in [3.05, 3.63) is 0 Å². The molecule has 0 rings (SSSR count). The van der Waals surface area contributed by atoms with Gasteiger partial charge in [-0.25, -0.2) is 0 Å². The van der Waals surface area contributed by atoms with Gasteiger partial charge in [-0.15, -0.1) is 0 Å². The van der Waals surface area contributed by atoms with Gasteiger partial charge in [0.05, 0.1) is 7.11 Å². The SMILES string of the molecule is COC(=O)CCC(N)CC(C)C. The van der Waals surface area contributed by atoms with Gasteiger partial charge in [0, 0.05) is 12.5 Å². The van der Waals surface area contributed by atoms with Crippen LogP contribution in [0, 0.1) is 5.92 Å². The van der Waals surface area contributed by atoms with Gasteiger partial charge in [0.1, 0.15) is 0 Å². The lowest BCUT2D eigenvalue weighted by atomic mass is 10.0. The van der Waals surface area contributed by atoms with Crippen molar-refractivity contribution in [2.45, 2.75) is 39.2 Å². The molecule has 2 N–H and O–H groups in total. The van der Waals surface area contributed by atoms with Crippen molar-refractivity contribution in [3.8, 4) is 0 Å². The van der Waals surface area contributed by atoms with Crippen molar-refractivity contribution in [2.24, 2.45) is 11.7 Å². The number of hydrogen-bond acceptors (Lipinski definition) is 3. The zero-order chi connectivity index (χ0) is 9.56. The molecule has 0 aromatic carbocycles. The van der Waals surface area contributed by atoms with Gasteiger partial charge >= 0.3 is 5.97 Å². The first kappa shape index (κ1) is 11.4. The van der Waals surface area contributed by atoms with Crippen molar-refractivity contribution in [1.29, 1.82) is 0 Å². The van der Waals surface area contributed by atoms with Crippen LogP contribution in [0.3, 0.4) is 0 Å². The van der Waals surface area contributed by atoms with Crippen LogP contribution in [0.25, 0.3) is 0 Å². The summed E-state index contributed by atoms with van der Waals surface area (Å²) in [6.45, 7) is 4.25. The number of carbonyl (C=O) groups is 1. The highest BCUT2D eigenvalue weighted by atomic mass is 16.5. The Morgan fingerprint density at radius 3 is 2.50 bits per heavy atom. The molecule has 72 valence electrons. The summed E-state index contributed by atoms with van der Waals surface area (Å²) in [5, 5.41) is 0. The third kappa shape index (κ3) is 6.16. The quantitative estimate of drug-likeness (QED) is 0.638. The van der Waals surface area contributed by atoms with E-state index in [2.05, 4.69) is 18.6 Å². The average Bonchev–Trinajstić information content (AvgIpc) is 1.99. The Kier molecular flexibility index (Phi) is 5.72. The minimum Gasteiger partial charge on any atom is -0.469 e. The van der Waals surface area contributed by atoms with E-state index in [-0.39, 0.29) is 12.0 Å². The van der Waals surface area contributed by atoms with Crippen molar-refractivity contribution in [1.82, 2.24) is 0 Å². The molecule has 0 bridgehead atoms. The molecule has 0 aliphatic rings. The Morgan fingerprint density at radius 1 is 1.50 bits per heavy atom. The molecule has 0 amide bonds. The van der Waals surface area contributed by atoms with Crippen LogP contribution in [0.4, 0.5) is 0 Å². The van der Waals surface area contributed by atoms with Crippen molar-refractivity contribution in [2.75, 3.05) is 7.11 Å². The van der Waals surface area contributed by atoms with Gasteiger partial charge in [0.2, 0.25) is 0 Å². The summed E-state index contributed by atoms with van der Waals surface area (Å²) in [5.41, 5.74) is 5.77. The lowest BCUT2D eigenvalue weighted by Gasteiger charge is -2.12. The fraction of sp³-hybridized carbons (Fsp3) is 0.889. The van der Waals surface area contributed by atoms with E-state index in [1.54, 1.807) is 0 Å². The summed E-state index contributed by atoms with van der Waals surface area (Å²) in [6.07, 6.45) is 2.13. The summed E-state index contributed by atoms with van der Waals surface area (Å²) in [4.78, 5) is 10.7. The van der Waals surface area contributed by atoms with E-state index in [0.717, 1.165) is 12.8 Å². The van der Waals surface area contributed by atoms with Crippen molar-refractivity contribution < 1.29 is 9.53 Å². The van der Waals surface area contributed by atoms with Gasteiger partial charge in [-0.1, -0.05) is 13.8 Å². The topological polar surface area (TPSA) is 52.3 Å². The summed E-state index contributed by atoms with van der Waals surface area (Å²) in [5.74, 6) is 0.423. The molecule has 0 fully saturated rings. The first-order chi connectivity index (χ1) is 5.56. The molecular weight excluding hydrogens is 154 g/mol. The van der Waals surface area contributed by atoms with Gasteiger partial charge < -0.3 is 10.5 Å². The van der Waals surface area contributed by atoms with Crippen LogP contribution in [0.15, 0.2) is 0 Å². The van der Waals surface area contributed by atoms with Crippen molar-refractivity contribution in [3.63, 3.8) is 0 Å². The van der Waals surface area contributed by atoms with Crippen molar-refractivity contribution >= 4 is 5.97 Å². The Hall–Kier alpha value is -0.570. The summed E-state index contributed by atoms with van der Waals surface area (Å²) < 4.78 is 4.51. The molecule has 3 heteroatoms. The maximum absolute atomic E-state index is 10.7. The lowest BCUT2D eigenvalue weighted by molar-refractivity contribution is -0.140. The minimum atomic E-state index is -0.172. The van der Waals surface area contributed by atoms with Crippen LogP contribution < -0.4 is 5.73 Å². The number of hydrogen-bond donors (Lipinski definition) is 1. The summed E-state index contributed by atoms with van der Waals surface area (Å²) in [7, 11) is 1.40. The largest absolute Gasteiger partial charge is 0.469 e. The highest BCUT2D eigenvalue weighted by Gasteiger charge is 2.08. The lowest BCUT2D eigenvalue weighted by Crippen LogP contribution is -2.23. The molecule has 0 saturated heterocycles. The maximum Gasteiger partial charge on any atom is 0.305 e. The van der Waals surface area contributed by atoms with Gasteiger partial charge in [0.25, 0.3) is 0 Å². The molecule has 0 spiro atoms. The highest BCUT2D eigenvalue weighted by Crippen LogP contribution is 2.07. The van der Waals surface area contributed by atoms with E-state index in [4.69, 9.17) is 5.73 Å². The maximum atomic E-state index is 10.7. The zero-order valence-corrected chi connectivity index (χ0v) is 8.17. The van der Waals surface area contributed by atoms with E-state index >= 15 is 0 Å². The normalized spacial score (nSPS) is 13.1. The van der Waals surface area contributed by atoms with E-state index in [1.165, 1.54) is 7.11 Å². The second kappa shape index (κ2) is 6.00. The zero-order valence-electron chi connectivity index (χ0n) is 8.17. The van der Waals surface area contributed by atoms with E-state index in [0.29, 0.717) is 12.3 Å². The molecular formula is C9H19NO2. The minimum absolute atomic E-state index is 0.129. The van der Waals surface area contributed by atoms with Crippen LogP contribution in [-0.4, -0.2) is 19.1 Å². The first-order valence-electron chi connectivity index (χ1n) is 4.38. The average molecular weight is 173 g/mol. The molecule has 0 aromatic rings. The number of nitrogens with two attached hydrogens (primary N) is 1. The van der Waals surface area contributed by atoms with Crippen LogP contribution in [0.5, 0.6) is 0 Å². The van der Waals surface area contributed by atoms with Gasteiger partial charge in [-0.2, -0.15) is 0 Å². The molecule has 0 aliphatic carbocycles. The molecule has 0 aromatic heterocycles. The Balaban J connectivity index is 3.43. The number of methoxy groups -OCH3 is 1. The molecule has 1 unspecified atom stereocenters. The van der Waals surface area contributed by atoms with Crippen LogP contribution in [-0.2, 0) is 9.53 Å².